The van der Waals surface area contributed by atoms with Crippen molar-refractivity contribution in [3.63, 3.8) is 0 Å². The second-order valence-corrected chi connectivity index (χ2v) is 4.93. The van der Waals surface area contributed by atoms with E-state index in [-0.39, 0.29) is 6.04 Å². The van der Waals surface area contributed by atoms with E-state index in [1.807, 2.05) is 23.9 Å². The molecule has 0 aromatic carbocycles. The van der Waals surface area contributed by atoms with Gasteiger partial charge >= 0.3 is 0 Å². The smallest absolute Gasteiger partial charge is 0.131 e. The molecule has 1 unspecified atom stereocenters. The molecule has 0 saturated heterocycles. The Morgan fingerprint density at radius 3 is 2.94 bits per heavy atom. The van der Waals surface area contributed by atoms with Crippen molar-refractivity contribution in [2.45, 2.75) is 18.0 Å². The van der Waals surface area contributed by atoms with E-state index in [1.54, 1.807) is 29.4 Å². The van der Waals surface area contributed by atoms with Gasteiger partial charge in [-0.15, -0.1) is 23.1 Å². The molecule has 2 aromatic rings. The van der Waals surface area contributed by atoms with Gasteiger partial charge in [-0.25, -0.2) is 15.0 Å². The van der Waals surface area contributed by atoms with Gasteiger partial charge in [0.2, 0.25) is 0 Å². The number of thiazole rings is 1. The summed E-state index contributed by atoms with van der Waals surface area (Å²) in [5, 5.41) is 7.30. The quantitative estimate of drug-likeness (QED) is 0.670. The Kier molecular flexibility index (Phi) is 3.74. The van der Waals surface area contributed by atoms with Crippen molar-refractivity contribution in [3.05, 3.63) is 29.0 Å². The molecule has 1 N–H and O–H groups in total. The summed E-state index contributed by atoms with van der Waals surface area (Å²) < 4.78 is 0. The predicted octanol–water partition coefficient (Wildman–Crippen LogP) is 2.83. The first-order valence-electron chi connectivity index (χ1n) is 4.81. The van der Waals surface area contributed by atoms with Gasteiger partial charge in [0.1, 0.15) is 22.2 Å². The zero-order valence-corrected chi connectivity index (χ0v) is 10.7. The van der Waals surface area contributed by atoms with Crippen LogP contribution in [0.4, 0.5) is 5.82 Å². The average molecular weight is 252 g/mol. The van der Waals surface area contributed by atoms with Crippen LogP contribution in [0.5, 0.6) is 0 Å². The third kappa shape index (κ3) is 2.70. The fourth-order valence-electron chi connectivity index (χ4n) is 1.26. The summed E-state index contributed by atoms with van der Waals surface area (Å²) in [5.74, 6) is 0.835. The number of rotatable bonds is 4. The van der Waals surface area contributed by atoms with Gasteiger partial charge in [-0.3, -0.25) is 0 Å². The minimum atomic E-state index is 0.171. The minimum Gasteiger partial charge on any atom is -0.361 e. The van der Waals surface area contributed by atoms with Gasteiger partial charge in [-0.05, 0) is 13.2 Å². The molecule has 84 valence electrons. The van der Waals surface area contributed by atoms with Crippen LogP contribution in [0.1, 0.15) is 18.0 Å². The zero-order valence-electron chi connectivity index (χ0n) is 9.04. The monoisotopic (exact) mass is 252 g/mol. The molecule has 0 amide bonds. The second-order valence-electron chi connectivity index (χ2n) is 3.18. The van der Waals surface area contributed by atoms with Gasteiger partial charge in [0.15, 0.2) is 0 Å². The number of nitrogens with one attached hydrogen (secondary N) is 1. The SMILES string of the molecule is CSc1cc(NC(C)c2nccs2)ncn1. The fraction of sp³-hybridized carbons (Fsp3) is 0.300. The first-order chi connectivity index (χ1) is 7.79. The van der Waals surface area contributed by atoms with Crippen LogP contribution in [0.25, 0.3) is 0 Å². The first-order valence-corrected chi connectivity index (χ1v) is 6.92. The summed E-state index contributed by atoms with van der Waals surface area (Å²) in [6.45, 7) is 2.07. The third-order valence-corrected chi connectivity index (χ3v) is 3.64. The van der Waals surface area contributed by atoms with Crippen LogP contribution in [0.15, 0.2) is 29.0 Å². The average Bonchev–Trinajstić information content (AvgIpc) is 2.83. The van der Waals surface area contributed by atoms with E-state index < -0.39 is 0 Å². The molecule has 0 fully saturated rings. The van der Waals surface area contributed by atoms with Crippen LogP contribution in [-0.2, 0) is 0 Å². The Balaban J connectivity index is 2.08. The van der Waals surface area contributed by atoms with Crippen molar-refractivity contribution in [1.82, 2.24) is 15.0 Å². The highest BCUT2D eigenvalue weighted by atomic mass is 32.2. The van der Waals surface area contributed by atoms with Gasteiger partial charge < -0.3 is 5.32 Å². The molecule has 0 radical (unpaired) electrons. The molecule has 0 aliphatic rings. The topological polar surface area (TPSA) is 50.7 Å². The van der Waals surface area contributed by atoms with Crippen molar-refractivity contribution in [2.75, 3.05) is 11.6 Å². The molecular formula is C10H12N4S2. The Labute approximate surface area is 103 Å². The minimum absolute atomic E-state index is 0.171. The number of thioether (sulfide) groups is 1. The highest BCUT2D eigenvalue weighted by Gasteiger charge is 2.08. The van der Waals surface area contributed by atoms with Gasteiger partial charge in [-0.2, -0.15) is 0 Å². The van der Waals surface area contributed by atoms with Crippen LogP contribution in [0.2, 0.25) is 0 Å². The van der Waals surface area contributed by atoms with Gasteiger partial charge in [-0.1, -0.05) is 0 Å². The van der Waals surface area contributed by atoms with Crippen molar-refractivity contribution < 1.29 is 0 Å². The third-order valence-electron chi connectivity index (χ3n) is 2.04. The highest BCUT2D eigenvalue weighted by Crippen LogP contribution is 2.21. The maximum Gasteiger partial charge on any atom is 0.131 e. The van der Waals surface area contributed by atoms with E-state index in [9.17, 15) is 0 Å². The second kappa shape index (κ2) is 5.27. The lowest BCUT2D eigenvalue weighted by Gasteiger charge is -2.11. The van der Waals surface area contributed by atoms with E-state index in [2.05, 4.69) is 27.2 Å². The van der Waals surface area contributed by atoms with Crippen LogP contribution in [-0.4, -0.2) is 21.2 Å². The number of hydrogen-bond acceptors (Lipinski definition) is 6. The molecule has 2 aromatic heterocycles. The molecule has 1 atom stereocenters. The number of aromatic nitrogens is 3. The summed E-state index contributed by atoms with van der Waals surface area (Å²) in [6.07, 6.45) is 5.38. The molecule has 2 heterocycles. The summed E-state index contributed by atoms with van der Waals surface area (Å²) in [6, 6.07) is 2.11. The Morgan fingerprint density at radius 2 is 2.25 bits per heavy atom. The van der Waals surface area contributed by atoms with Crippen molar-refractivity contribution in [3.8, 4) is 0 Å². The molecule has 0 aliphatic carbocycles. The van der Waals surface area contributed by atoms with Gasteiger partial charge in [0, 0.05) is 17.6 Å². The van der Waals surface area contributed by atoms with Crippen molar-refractivity contribution >= 4 is 28.9 Å². The predicted molar refractivity (Wildman–Crippen MR) is 68.0 cm³/mol. The molecule has 0 spiro atoms. The maximum absolute atomic E-state index is 4.26. The maximum atomic E-state index is 4.26. The largest absolute Gasteiger partial charge is 0.361 e. The lowest BCUT2D eigenvalue weighted by atomic mass is 10.3. The lowest BCUT2D eigenvalue weighted by Crippen LogP contribution is -2.07. The summed E-state index contributed by atoms with van der Waals surface area (Å²) in [5.41, 5.74) is 0. The first kappa shape index (κ1) is 11.3. The number of hydrogen-bond donors (Lipinski definition) is 1. The highest BCUT2D eigenvalue weighted by molar-refractivity contribution is 7.98. The molecule has 0 bridgehead atoms. The Hall–Kier alpha value is -1.14. The van der Waals surface area contributed by atoms with Gasteiger partial charge in [0.25, 0.3) is 0 Å². The molecule has 16 heavy (non-hydrogen) atoms. The van der Waals surface area contributed by atoms with E-state index in [4.69, 9.17) is 0 Å². The van der Waals surface area contributed by atoms with Crippen molar-refractivity contribution in [2.24, 2.45) is 0 Å². The Bertz CT molecular complexity index is 444. The van der Waals surface area contributed by atoms with Crippen LogP contribution >= 0.6 is 23.1 Å². The summed E-state index contributed by atoms with van der Waals surface area (Å²) >= 11 is 3.24. The Morgan fingerprint density at radius 1 is 1.38 bits per heavy atom. The van der Waals surface area contributed by atoms with Crippen LogP contribution < -0.4 is 5.32 Å². The molecule has 0 saturated carbocycles. The van der Waals surface area contributed by atoms with E-state index in [0.717, 1.165) is 15.9 Å². The van der Waals surface area contributed by atoms with E-state index in [0.29, 0.717) is 0 Å². The van der Waals surface area contributed by atoms with E-state index >= 15 is 0 Å². The van der Waals surface area contributed by atoms with Crippen molar-refractivity contribution in [1.29, 1.82) is 0 Å². The van der Waals surface area contributed by atoms with Crippen LogP contribution in [0, 0.1) is 0 Å². The number of anilines is 1. The standard InChI is InChI=1S/C10H12N4S2/c1-7(10-11-3-4-16-10)14-8-5-9(15-2)13-6-12-8/h3-7H,1-2H3,(H,12,13,14). The summed E-state index contributed by atoms with van der Waals surface area (Å²) in [7, 11) is 0. The van der Waals surface area contributed by atoms with E-state index in [1.165, 1.54) is 0 Å². The molecule has 2 rings (SSSR count). The molecule has 4 nitrogen and oxygen atoms in total. The van der Waals surface area contributed by atoms with Gasteiger partial charge in [0.05, 0.1) is 6.04 Å². The lowest BCUT2D eigenvalue weighted by molar-refractivity contribution is 0.854. The zero-order chi connectivity index (χ0) is 11.4. The molecular weight excluding hydrogens is 240 g/mol. The normalized spacial score (nSPS) is 12.4. The fourth-order valence-corrected chi connectivity index (χ4v) is 2.29. The number of nitrogens with zero attached hydrogens (tertiary/aromatic N) is 3. The molecule has 0 aliphatic heterocycles. The van der Waals surface area contributed by atoms with Crippen LogP contribution in [0.3, 0.4) is 0 Å². The summed E-state index contributed by atoms with van der Waals surface area (Å²) in [4.78, 5) is 12.6. The molecule has 6 heteroatoms.